The van der Waals surface area contributed by atoms with E-state index in [4.69, 9.17) is 30.5 Å². The number of hydrogen-bond donors (Lipinski definition) is 1. The van der Waals surface area contributed by atoms with Crippen LogP contribution in [-0.2, 0) is 14.3 Å². The van der Waals surface area contributed by atoms with Crippen LogP contribution in [0.2, 0.25) is 5.02 Å². The van der Waals surface area contributed by atoms with Crippen LogP contribution in [-0.4, -0.2) is 66.1 Å². The van der Waals surface area contributed by atoms with E-state index < -0.39 is 11.4 Å². The summed E-state index contributed by atoms with van der Waals surface area (Å²) in [5.74, 6) is 0.816. The third-order valence-electron chi connectivity index (χ3n) is 6.75. The Morgan fingerprint density at radius 2 is 2.03 bits per heavy atom. The summed E-state index contributed by atoms with van der Waals surface area (Å²) in [7, 11) is 1.58. The second kappa shape index (κ2) is 10.6. The zero-order valence-corrected chi connectivity index (χ0v) is 21.4. The number of anilines is 2. The highest BCUT2D eigenvalue weighted by atomic mass is 35.5. The summed E-state index contributed by atoms with van der Waals surface area (Å²) in [6, 6.07) is 8.00. The molecule has 3 heterocycles. The maximum absolute atomic E-state index is 13.6. The molecular formula is C26H28ClFN4O5. The van der Waals surface area contributed by atoms with Gasteiger partial charge < -0.3 is 24.3 Å². The van der Waals surface area contributed by atoms with Crippen molar-refractivity contribution < 1.29 is 28.1 Å². The molecule has 2 fully saturated rings. The Labute approximate surface area is 218 Å². The Bertz CT molecular complexity index is 1300. The number of piperidine rings is 1. The molecule has 1 aromatic heterocycles. The molecule has 0 aliphatic carbocycles. The average Bonchev–Trinajstić information content (AvgIpc) is 2.89. The maximum Gasteiger partial charge on any atom is 0.332 e. The van der Waals surface area contributed by atoms with Gasteiger partial charge >= 0.3 is 5.97 Å². The van der Waals surface area contributed by atoms with Gasteiger partial charge in [0.15, 0.2) is 17.7 Å². The van der Waals surface area contributed by atoms with Gasteiger partial charge in [0.2, 0.25) is 0 Å². The molecule has 0 amide bonds. The molecule has 196 valence electrons. The second-order valence-electron chi connectivity index (χ2n) is 9.16. The number of aromatic nitrogens is 2. The van der Waals surface area contributed by atoms with Gasteiger partial charge in [-0.2, -0.15) is 0 Å². The molecule has 9 nitrogen and oxygen atoms in total. The van der Waals surface area contributed by atoms with Crippen LogP contribution in [0.15, 0.2) is 36.7 Å². The molecule has 2 aromatic carbocycles. The molecule has 1 spiro atoms. The number of hydrogen-bond acceptors (Lipinski definition) is 9. The van der Waals surface area contributed by atoms with E-state index in [-0.39, 0.29) is 23.8 Å². The number of esters is 1. The molecule has 0 saturated carbocycles. The number of nitrogens with one attached hydrogen (secondary N) is 1. The summed E-state index contributed by atoms with van der Waals surface area (Å²) < 4.78 is 36.8. The summed E-state index contributed by atoms with van der Waals surface area (Å²) >= 11 is 5.93. The first kappa shape index (κ1) is 25.4. The topological polar surface area (TPSA) is 95.0 Å². The SMILES string of the molecule is CCC(Oc1cc2ncnc(Nc3ccc(F)c(Cl)c3)c2cc1OC)N1CCC2(CC1)COCC(=O)O2. The monoisotopic (exact) mass is 530 g/mol. The van der Waals surface area contributed by atoms with Crippen molar-refractivity contribution in [2.45, 2.75) is 38.0 Å². The first-order valence-corrected chi connectivity index (χ1v) is 12.5. The molecule has 0 radical (unpaired) electrons. The summed E-state index contributed by atoms with van der Waals surface area (Å²) in [5.41, 5.74) is 0.703. The van der Waals surface area contributed by atoms with E-state index in [2.05, 4.69) is 27.1 Å². The van der Waals surface area contributed by atoms with Gasteiger partial charge in [0.1, 0.15) is 30.2 Å². The van der Waals surface area contributed by atoms with Crippen molar-refractivity contribution in [2.24, 2.45) is 0 Å². The lowest BCUT2D eigenvalue weighted by atomic mass is 9.91. The van der Waals surface area contributed by atoms with E-state index >= 15 is 0 Å². The van der Waals surface area contributed by atoms with Crippen molar-refractivity contribution in [3.05, 3.63) is 47.5 Å². The van der Waals surface area contributed by atoms with E-state index in [9.17, 15) is 9.18 Å². The van der Waals surface area contributed by atoms with E-state index in [0.717, 1.165) is 6.42 Å². The molecule has 2 saturated heterocycles. The van der Waals surface area contributed by atoms with Crippen molar-refractivity contribution in [3.8, 4) is 11.5 Å². The third kappa shape index (κ3) is 5.41. The minimum atomic E-state index is -0.542. The molecule has 5 rings (SSSR count). The van der Waals surface area contributed by atoms with Gasteiger partial charge in [-0.15, -0.1) is 0 Å². The van der Waals surface area contributed by atoms with Gasteiger partial charge in [-0.25, -0.2) is 19.2 Å². The number of rotatable bonds is 7. The molecule has 37 heavy (non-hydrogen) atoms. The van der Waals surface area contributed by atoms with Crippen LogP contribution in [0.25, 0.3) is 10.9 Å². The quantitative estimate of drug-likeness (QED) is 0.436. The zero-order chi connectivity index (χ0) is 26.0. The van der Waals surface area contributed by atoms with Crippen molar-refractivity contribution >= 4 is 40.0 Å². The van der Waals surface area contributed by atoms with Crippen LogP contribution < -0.4 is 14.8 Å². The number of halogens is 2. The fraction of sp³-hybridized carbons (Fsp3) is 0.423. The molecule has 2 aliphatic rings. The van der Waals surface area contributed by atoms with Crippen LogP contribution in [0.5, 0.6) is 11.5 Å². The molecule has 2 aliphatic heterocycles. The number of carbonyl (C=O) groups excluding carboxylic acids is 1. The number of ether oxygens (including phenoxy) is 4. The number of methoxy groups -OCH3 is 1. The number of likely N-dealkylation sites (tertiary alicyclic amines) is 1. The summed E-state index contributed by atoms with van der Waals surface area (Å²) in [6.45, 7) is 3.93. The Balaban J connectivity index is 1.35. The Morgan fingerprint density at radius 1 is 1.22 bits per heavy atom. The Kier molecular flexibility index (Phi) is 7.32. The zero-order valence-electron chi connectivity index (χ0n) is 20.6. The molecule has 0 bridgehead atoms. The van der Waals surface area contributed by atoms with Gasteiger partial charge in [0.05, 0.1) is 24.3 Å². The highest BCUT2D eigenvalue weighted by molar-refractivity contribution is 6.31. The normalized spacial score (nSPS) is 18.4. The third-order valence-corrected chi connectivity index (χ3v) is 7.04. The van der Waals surface area contributed by atoms with Gasteiger partial charge in [0, 0.05) is 43.1 Å². The van der Waals surface area contributed by atoms with Gasteiger partial charge in [-0.3, -0.25) is 4.90 Å². The Morgan fingerprint density at radius 3 is 2.73 bits per heavy atom. The molecule has 3 aromatic rings. The minimum absolute atomic E-state index is 0.0139. The molecule has 1 unspecified atom stereocenters. The fourth-order valence-corrected chi connectivity index (χ4v) is 4.96. The predicted octanol–water partition coefficient (Wildman–Crippen LogP) is 4.70. The van der Waals surface area contributed by atoms with Gasteiger partial charge in [-0.1, -0.05) is 18.5 Å². The second-order valence-corrected chi connectivity index (χ2v) is 9.57. The van der Waals surface area contributed by atoms with Crippen LogP contribution in [0.4, 0.5) is 15.9 Å². The largest absolute Gasteiger partial charge is 0.493 e. The summed E-state index contributed by atoms with van der Waals surface area (Å²) in [5, 5.41) is 3.89. The maximum atomic E-state index is 13.6. The van der Waals surface area contributed by atoms with Gasteiger partial charge in [-0.05, 0) is 30.7 Å². The molecule has 1 N–H and O–H groups in total. The van der Waals surface area contributed by atoms with E-state index in [0.29, 0.717) is 66.4 Å². The predicted molar refractivity (Wildman–Crippen MR) is 136 cm³/mol. The van der Waals surface area contributed by atoms with Gasteiger partial charge in [0.25, 0.3) is 0 Å². The smallest absolute Gasteiger partial charge is 0.332 e. The molecular weight excluding hydrogens is 503 g/mol. The highest BCUT2D eigenvalue weighted by Gasteiger charge is 2.42. The highest BCUT2D eigenvalue weighted by Crippen LogP contribution is 2.37. The van der Waals surface area contributed by atoms with Crippen LogP contribution in [0.3, 0.4) is 0 Å². The van der Waals surface area contributed by atoms with Crippen molar-refractivity contribution in [1.29, 1.82) is 0 Å². The van der Waals surface area contributed by atoms with Crippen LogP contribution >= 0.6 is 11.6 Å². The fourth-order valence-electron chi connectivity index (χ4n) is 4.78. The van der Waals surface area contributed by atoms with Crippen LogP contribution in [0, 0.1) is 5.82 Å². The lowest BCUT2D eigenvalue weighted by Crippen LogP contribution is -2.55. The van der Waals surface area contributed by atoms with Crippen molar-refractivity contribution in [2.75, 3.05) is 38.7 Å². The minimum Gasteiger partial charge on any atom is -0.493 e. The summed E-state index contributed by atoms with van der Waals surface area (Å²) in [4.78, 5) is 22.7. The molecule has 1 atom stereocenters. The number of benzene rings is 2. The van der Waals surface area contributed by atoms with Crippen LogP contribution in [0.1, 0.15) is 26.2 Å². The van der Waals surface area contributed by atoms with Crippen molar-refractivity contribution in [1.82, 2.24) is 14.9 Å². The Hall–Kier alpha value is -3.21. The number of carbonyl (C=O) groups is 1. The lowest BCUT2D eigenvalue weighted by molar-refractivity contribution is -0.200. The first-order valence-electron chi connectivity index (χ1n) is 12.1. The number of nitrogens with zero attached hydrogens (tertiary/aromatic N) is 3. The lowest BCUT2D eigenvalue weighted by Gasteiger charge is -2.44. The van der Waals surface area contributed by atoms with E-state index in [1.165, 1.54) is 18.5 Å². The van der Waals surface area contributed by atoms with E-state index in [1.807, 2.05) is 12.1 Å². The van der Waals surface area contributed by atoms with Crippen molar-refractivity contribution in [3.63, 3.8) is 0 Å². The average molecular weight is 531 g/mol. The standard InChI is InChI=1S/C26H28ClFN4O5/c1-3-23(32-8-6-26(7-9-32)14-35-13-24(33)37-26)36-22-12-20-17(11-21(22)34-2)25(30-15-29-20)31-16-4-5-19(28)18(27)10-16/h4-5,10-12,15,23H,3,6-9,13-14H2,1-2H3,(H,29,30,31). The van der Waals surface area contributed by atoms with E-state index in [1.54, 1.807) is 13.2 Å². The summed E-state index contributed by atoms with van der Waals surface area (Å²) in [6.07, 6.45) is 3.35. The number of fused-ring (bicyclic) bond motifs is 1. The first-order chi connectivity index (χ1) is 17.9. The molecule has 11 heteroatoms.